The SMILES string of the molecule is C\C=C/C(=C\N=C/C(=C\NC)CCl)CC. The monoisotopic (exact) mass is 226 g/mol. The van der Waals surface area contributed by atoms with Crippen LogP contribution in [0.5, 0.6) is 0 Å². The van der Waals surface area contributed by atoms with Crippen LogP contribution in [-0.4, -0.2) is 19.1 Å². The maximum absolute atomic E-state index is 5.72. The Balaban J connectivity index is 4.44. The van der Waals surface area contributed by atoms with Crippen molar-refractivity contribution in [3.05, 3.63) is 35.7 Å². The summed E-state index contributed by atoms with van der Waals surface area (Å²) in [6.45, 7) is 4.10. The molecule has 84 valence electrons. The van der Waals surface area contributed by atoms with Crippen LogP contribution in [0, 0.1) is 0 Å². The summed E-state index contributed by atoms with van der Waals surface area (Å²) < 4.78 is 0. The zero-order valence-corrected chi connectivity index (χ0v) is 10.4. The first-order chi connectivity index (χ1) is 7.28. The second-order valence-electron chi connectivity index (χ2n) is 2.98. The van der Waals surface area contributed by atoms with Crippen LogP contribution in [0.3, 0.4) is 0 Å². The van der Waals surface area contributed by atoms with E-state index in [1.165, 1.54) is 5.57 Å². The van der Waals surface area contributed by atoms with Crippen LogP contribution in [-0.2, 0) is 0 Å². The molecular formula is C12H19ClN2. The minimum Gasteiger partial charge on any atom is -0.394 e. The third-order valence-electron chi connectivity index (χ3n) is 1.75. The zero-order chi connectivity index (χ0) is 11.5. The quantitative estimate of drug-likeness (QED) is 0.420. The fourth-order valence-corrected chi connectivity index (χ4v) is 1.14. The molecule has 0 aromatic heterocycles. The van der Waals surface area contributed by atoms with Crippen molar-refractivity contribution in [3.8, 4) is 0 Å². The smallest absolute Gasteiger partial charge is 0.0503 e. The minimum absolute atomic E-state index is 0.462. The van der Waals surface area contributed by atoms with E-state index in [2.05, 4.69) is 23.3 Å². The number of hydrogen-bond donors (Lipinski definition) is 1. The van der Waals surface area contributed by atoms with Crippen molar-refractivity contribution in [2.75, 3.05) is 12.9 Å². The van der Waals surface area contributed by atoms with Gasteiger partial charge in [-0.3, -0.25) is 4.99 Å². The van der Waals surface area contributed by atoms with Crippen LogP contribution in [0.15, 0.2) is 40.7 Å². The number of alkyl halides is 1. The van der Waals surface area contributed by atoms with Gasteiger partial charge in [-0.1, -0.05) is 19.1 Å². The minimum atomic E-state index is 0.462. The molecule has 0 heterocycles. The molecule has 0 aliphatic rings. The first-order valence-corrected chi connectivity index (χ1v) is 5.59. The molecule has 15 heavy (non-hydrogen) atoms. The Morgan fingerprint density at radius 3 is 2.60 bits per heavy atom. The lowest BCUT2D eigenvalue weighted by Crippen LogP contribution is -1.98. The number of allylic oxidation sites excluding steroid dienone is 4. The standard InChI is InChI=1S/C12H19ClN2/c1-4-6-11(5-2)9-15-10-12(7-13)8-14-3/h4,6,8-10,14H,5,7H2,1-3H3/b6-4-,11-9-,12-8-,15-10-. The maximum atomic E-state index is 5.72. The molecular weight excluding hydrogens is 208 g/mol. The molecule has 0 aromatic rings. The van der Waals surface area contributed by atoms with Gasteiger partial charge in [-0.25, -0.2) is 0 Å². The van der Waals surface area contributed by atoms with Gasteiger partial charge in [0.2, 0.25) is 0 Å². The predicted molar refractivity (Wildman–Crippen MR) is 69.5 cm³/mol. The van der Waals surface area contributed by atoms with Crippen molar-refractivity contribution >= 4 is 17.8 Å². The van der Waals surface area contributed by atoms with Gasteiger partial charge >= 0.3 is 0 Å². The Morgan fingerprint density at radius 2 is 2.13 bits per heavy atom. The Labute approximate surface area is 97.4 Å². The molecule has 0 aliphatic carbocycles. The number of halogens is 1. The maximum Gasteiger partial charge on any atom is 0.0503 e. The van der Waals surface area contributed by atoms with Gasteiger partial charge in [-0.2, -0.15) is 0 Å². The largest absolute Gasteiger partial charge is 0.394 e. The topological polar surface area (TPSA) is 24.4 Å². The normalized spacial score (nSPS) is 14.1. The van der Waals surface area contributed by atoms with E-state index >= 15 is 0 Å². The van der Waals surface area contributed by atoms with E-state index in [1.807, 2.05) is 32.4 Å². The summed E-state index contributed by atoms with van der Waals surface area (Å²) in [6.07, 6.45) is 10.5. The highest BCUT2D eigenvalue weighted by Gasteiger charge is 1.88. The van der Waals surface area contributed by atoms with Crippen molar-refractivity contribution < 1.29 is 0 Å². The molecule has 1 N–H and O–H groups in total. The summed E-state index contributed by atoms with van der Waals surface area (Å²) in [4.78, 5) is 4.22. The van der Waals surface area contributed by atoms with Gasteiger partial charge in [0.1, 0.15) is 0 Å². The second kappa shape index (κ2) is 9.53. The van der Waals surface area contributed by atoms with E-state index in [0.29, 0.717) is 5.88 Å². The fourth-order valence-electron chi connectivity index (χ4n) is 0.991. The molecule has 0 saturated heterocycles. The molecule has 0 radical (unpaired) electrons. The van der Waals surface area contributed by atoms with Crippen molar-refractivity contribution in [2.24, 2.45) is 4.99 Å². The van der Waals surface area contributed by atoms with Crippen molar-refractivity contribution in [2.45, 2.75) is 20.3 Å². The Morgan fingerprint density at radius 1 is 1.40 bits per heavy atom. The average molecular weight is 227 g/mol. The molecule has 0 amide bonds. The van der Waals surface area contributed by atoms with E-state index in [1.54, 1.807) is 6.21 Å². The predicted octanol–water partition coefficient (Wildman–Crippen LogP) is 3.27. The number of nitrogens with zero attached hydrogens (tertiary/aromatic N) is 1. The Kier molecular flexibility index (Phi) is 8.88. The molecule has 0 aromatic carbocycles. The zero-order valence-electron chi connectivity index (χ0n) is 9.63. The van der Waals surface area contributed by atoms with E-state index in [4.69, 9.17) is 11.6 Å². The molecule has 0 atom stereocenters. The van der Waals surface area contributed by atoms with Crippen molar-refractivity contribution in [3.63, 3.8) is 0 Å². The van der Waals surface area contributed by atoms with Crippen LogP contribution >= 0.6 is 11.6 Å². The summed E-state index contributed by atoms with van der Waals surface area (Å²) >= 11 is 5.72. The second-order valence-corrected chi connectivity index (χ2v) is 3.24. The summed E-state index contributed by atoms with van der Waals surface area (Å²) in [5, 5.41) is 2.92. The lowest BCUT2D eigenvalue weighted by atomic mass is 10.2. The van der Waals surface area contributed by atoms with E-state index in [-0.39, 0.29) is 0 Å². The molecule has 0 aliphatic heterocycles. The van der Waals surface area contributed by atoms with E-state index in [0.717, 1.165) is 12.0 Å². The molecule has 2 nitrogen and oxygen atoms in total. The van der Waals surface area contributed by atoms with Gasteiger partial charge in [-0.05, 0) is 18.9 Å². The van der Waals surface area contributed by atoms with Gasteiger partial charge in [0.25, 0.3) is 0 Å². The number of rotatable bonds is 6. The molecule has 0 fully saturated rings. The Bertz CT molecular complexity index is 275. The molecule has 3 heteroatoms. The van der Waals surface area contributed by atoms with Crippen molar-refractivity contribution in [1.82, 2.24) is 5.32 Å². The summed E-state index contributed by atoms with van der Waals surface area (Å²) in [5.74, 6) is 0.462. The van der Waals surface area contributed by atoms with Gasteiger partial charge in [0.15, 0.2) is 0 Å². The summed E-state index contributed by atoms with van der Waals surface area (Å²) in [7, 11) is 1.84. The third kappa shape index (κ3) is 6.97. The van der Waals surface area contributed by atoms with Crippen LogP contribution in [0.25, 0.3) is 0 Å². The highest BCUT2D eigenvalue weighted by atomic mass is 35.5. The first-order valence-electron chi connectivity index (χ1n) is 5.05. The van der Waals surface area contributed by atoms with E-state index in [9.17, 15) is 0 Å². The van der Waals surface area contributed by atoms with Gasteiger partial charge in [0, 0.05) is 31.2 Å². The van der Waals surface area contributed by atoms with Crippen LogP contribution < -0.4 is 5.32 Å². The summed E-state index contributed by atoms with van der Waals surface area (Å²) in [6, 6.07) is 0. The molecule has 0 rings (SSSR count). The number of nitrogens with one attached hydrogen (secondary N) is 1. The highest BCUT2D eigenvalue weighted by Crippen LogP contribution is 2.02. The highest BCUT2D eigenvalue weighted by molar-refractivity contribution is 6.21. The average Bonchev–Trinajstić information content (AvgIpc) is 2.26. The lowest BCUT2D eigenvalue weighted by molar-refractivity contribution is 1.09. The van der Waals surface area contributed by atoms with E-state index < -0.39 is 0 Å². The van der Waals surface area contributed by atoms with Crippen LogP contribution in [0.1, 0.15) is 20.3 Å². The Hall–Kier alpha value is -1.02. The molecule has 0 saturated carbocycles. The summed E-state index contributed by atoms with van der Waals surface area (Å²) in [5.41, 5.74) is 2.17. The number of aliphatic imine (C=N–C) groups is 1. The van der Waals surface area contributed by atoms with Crippen LogP contribution in [0.4, 0.5) is 0 Å². The van der Waals surface area contributed by atoms with Gasteiger partial charge < -0.3 is 5.32 Å². The molecule has 0 bridgehead atoms. The molecule has 0 spiro atoms. The third-order valence-corrected chi connectivity index (χ3v) is 2.06. The molecule has 0 unspecified atom stereocenters. The van der Waals surface area contributed by atoms with Crippen LogP contribution in [0.2, 0.25) is 0 Å². The van der Waals surface area contributed by atoms with Crippen molar-refractivity contribution in [1.29, 1.82) is 0 Å². The van der Waals surface area contributed by atoms with Gasteiger partial charge in [0.05, 0.1) is 5.88 Å². The fraction of sp³-hybridized carbons (Fsp3) is 0.417. The lowest BCUT2D eigenvalue weighted by Gasteiger charge is -1.95. The van der Waals surface area contributed by atoms with Gasteiger partial charge in [-0.15, -0.1) is 11.6 Å². The first kappa shape index (κ1) is 14.0. The number of hydrogen-bond acceptors (Lipinski definition) is 2.